The van der Waals surface area contributed by atoms with Gasteiger partial charge in [0.25, 0.3) is 5.91 Å². The lowest BCUT2D eigenvalue weighted by atomic mass is 10.00. The van der Waals surface area contributed by atoms with Crippen LogP contribution in [0.25, 0.3) is 0 Å². The highest BCUT2D eigenvalue weighted by Crippen LogP contribution is 2.28. The molecular formula is C15H14N2O3. The van der Waals surface area contributed by atoms with Crippen molar-refractivity contribution in [2.45, 2.75) is 20.3 Å². The maximum atomic E-state index is 12.6. The molecule has 102 valence electrons. The van der Waals surface area contributed by atoms with Crippen molar-refractivity contribution in [2.75, 3.05) is 11.4 Å². The molecule has 3 rings (SSSR count). The molecule has 2 heterocycles. The predicted octanol–water partition coefficient (Wildman–Crippen LogP) is 2.52. The molecule has 1 aliphatic rings. The summed E-state index contributed by atoms with van der Waals surface area (Å²) in [6, 6.07) is 7.14. The van der Waals surface area contributed by atoms with Crippen LogP contribution in [-0.4, -0.2) is 23.2 Å². The van der Waals surface area contributed by atoms with Crippen molar-refractivity contribution in [3.05, 3.63) is 47.2 Å². The molecule has 1 aliphatic heterocycles. The van der Waals surface area contributed by atoms with E-state index in [4.69, 9.17) is 4.42 Å². The average Bonchev–Trinajstić information content (AvgIpc) is 2.78. The summed E-state index contributed by atoms with van der Waals surface area (Å²) in [5.74, 6) is 0.525. The highest BCUT2D eigenvalue weighted by atomic mass is 16.4. The number of aromatic nitrogens is 1. The van der Waals surface area contributed by atoms with E-state index in [9.17, 15) is 9.59 Å². The van der Waals surface area contributed by atoms with Crippen LogP contribution in [-0.2, 0) is 0 Å². The monoisotopic (exact) mass is 270 g/mol. The first-order valence-electron chi connectivity index (χ1n) is 6.46. The summed E-state index contributed by atoms with van der Waals surface area (Å²) in [6.07, 6.45) is 0.328. The first-order valence-corrected chi connectivity index (χ1v) is 6.46. The van der Waals surface area contributed by atoms with E-state index in [-0.39, 0.29) is 17.5 Å². The number of anilines is 1. The summed E-state index contributed by atoms with van der Waals surface area (Å²) in [7, 11) is 0. The van der Waals surface area contributed by atoms with E-state index in [1.165, 1.54) is 0 Å². The molecule has 0 N–H and O–H groups in total. The zero-order valence-corrected chi connectivity index (χ0v) is 11.3. The number of hydrogen-bond donors (Lipinski definition) is 0. The first-order chi connectivity index (χ1) is 9.58. The van der Waals surface area contributed by atoms with E-state index in [0.717, 1.165) is 0 Å². The molecule has 0 unspecified atom stereocenters. The molecule has 1 aromatic carbocycles. The third-order valence-electron chi connectivity index (χ3n) is 3.40. The van der Waals surface area contributed by atoms with Crippen molar-refractivity contribution >= 4 is 17.4 Å². The number of carbonyl (C=O) groups is 2. The van der Waals surface area contributed by atoms with Gasteiger partial charge in [-0.2, -0.15) is 0 Å². The molecule has 20 heavy (non-hydrogen) atoms. The summed E-state index contributed by atoms with van der Waals surface area (Å²) in [6.45, 7) is 3.82. The number of carbonyl (C=O) groups excluding carboxylic acids is 2. The summed E-state index contributed by atoms with van der Waals surface area (Å²) in [5.41, 5.74) is 1.80. The molecule has 0 spiro atoms. The van der Waals surface area contributed by atoms with Gasteiger partial charge in [-0.25, -0.2) is 4.98 Å². The quantitative estimate of drug-likeness (QED) is 0.798. The second-order valence-corrected chi connectivity index (χ2v) is 4.79. The lowest BCUT2D eigenvalue weighted by Gasteiger charge is -2.27. The fourth-order valence-corrected chi connectivity index (χ4v) is 2.48. The Bertz CT molecular complexity index is 703. The number of para-hydroxylation sites is 1. The third-order valence-corrected chi connectivity index (χ3v) is 3.40. The van der Waals surface area contributed by atoms with Crippen LogP contribution < -0.4 is 4.90 Å². The Morgan fingerprint density at radius 1 is 1.30 bits per heavy atom. The van der Waals surface area contributed by atoms with Crippen LogP contribution in [0.3, 0.4) is 0 Å². The van der Waals surface area contributed by atoms with Gasteiger partial charge in [0.1, 0.15) is 0 Å². The van der Waals surface area contributed by atoms with Gasteiger partial charge < -0.3 is 9.32 Å². The minimum absolute atomic E-state index is 0.0649. The van der Waals surface area contributed by atoms with Gasteiger partial charge in [-0.1, -0.05) is 12.1 Å². The number of aryl methyl sites for hydroxylation is 2. The van der Waals surface area contributed by atoms with Gasteiger partial charge in [0.05, 0.1) is 11.4 Å². The van der Waals surface area contributed by atoms with E-state index in [2.05, 4.69) is 4.98 Å². The fourth-order valence-electron chi connectivity index (χ4n) is 2.48. The topological polar surface area (TPSA) is 63.4 Å². The van der Waals surface area contributed by atoms with Crippen molar-refractivity contribution in [3.63, 3.8) is 0 Å². The Morgan fingerprint density at radius 2 is 2.05 bits per heavy atom. The summed E-state index contributed by atoms with van der Waals surface area (Å²) >= 11 is 0. The molecule has 0 saturated heterocycles. The molecule has 0 atom stereocenters. The lowest BCUT2D eigenvalue weighted by Crippen LogP contribution is -2.37. The molecule has 0 fully saturated rings. The van der Waals surface area contributed by atoms with Gasteiger partial charge in [0.15, 0.2) is 11.7 Å². The van der Waals surface area contributed by atoms with E-state index >= 15 is 0 Å². The van der Waals surface area contributed by atoms with Gasteiger partial charge >= 0.3 is 0 Å². The van der Waals surface area contributed by atoms with Crippen molar-refractivity contribution < 1.29 is 14.0 Å². The Kier molecular flexibility index (Phi) is 2.89. The van der Waals surface area contributed by atoms with Gasteiger partial charge in [0, 0.05) is 25.5 Å². The Morgan fingerprint density at radius 3 is 2.75 bits per heavy atom. The van der Waals surface area contributed by atoms with Gasteiger partial charge in [-0.05, 0) is 19.1 Å². The second-order valence-electron chi connectivity index (χ2n) is 4.79. The van der Waals surface area contributed by atoms with Crippen LogP contribution in [0.15, 0.2) is 28.7 Å². The molecule has 0 radical (unpaired) electrons. The van der Waals surface area contributed by atoms with Crippen molar-refractivity contribution in [1.82, 2.24) is 4.98 Å². The Balaban J connectivity index is 2.04. The molecule has 0 aliphatic carbocycles. The normalized spacial score (nSPS) is 14.3. The number of ketones is 1. The number of fused-ring (bicyclic) bond motifs is 1. The molecule has 0 saturated carbocycles. The first kappa shape index (κ1) is 12.6. The molecule has 0 bridgehead atoms. The Hall–Kier alpha value is -2.43. The smallest absolute Gasteiger partial charge is 0.296 e. The van der Waals surface area contributed by atoms with Crippen LogP contribution in [0.5, 0.6) is 0 Å². The zero-order valence-electron chi connectivity index (χ0n) is 11.3. The van der Waals surface area contributed by atoms with Crippen LogP contribution in [0.4, 0.5) is 5.69 Å². The van der Waals surface area contributed by atoms with Crippen molar-refractivity contribution in [2.24, 2.45) is 0 Å². The molecular weight excluding hydrogens is 256 g/mol. The van der Waals surface area contributed by atoms with Gasteiger partial charge in [-0.15, -0.1) is 0 Å². The number of Topliss-reactive ketones (excluding diaryl/α,β-unsaturated/α-hetero) is 1. The van der Waals surface area contributed by atoms with Crippen LogP contribution in [0.1, 0.15) is 38.9 Å². The van der Waals surface area contributed by atoms with Crippen molar-refractivity contribution in [1.29, 1.82) is 0 Å². The fraction of sp³-hybridized carbons (Fsp3) is 0.267. The van der Waals surface area contributed by atoms with Crippen LogP contribution in [0, 0.1) is 13.8 Å². The van der Waals surface area contributed by atoms with Gasteiger partial charge in [0.2, 0.25) is 5.76 Å². The number of rotatable bonds is 1. The molecule has 2 aromatic rings. The van der Waals surface area contributed by atoms with Gasteiger partial charge in [-0.3, -0.25) is 9.59 Å². The molecule has 1 amide bonds. The largest absolute Gasteiger partial charge is 0.436 e. The molecule has 5 nitrogen and oxygen atoms in total. The molecule has 1 aromatic heterocycles. The van der Waals surface area contributed by atoms with E-state index in [1.54, 1.807) is 36.9 Å². The summed E-state index contributed by atoms with van der Waals surface area (Å²) in [5, 5.41) is 0. The number of amides is 1. The van der Waals surface area contributed by atoms with E-state index in [0.29, 0.717) is 35.8 Å². The maximum absolute atomic E-state index is 12.6. The molecule has 5 heteroatoms. The standard InChI is InChI=1S/C15H14N2O3/c1-9-14(20-10(2)16-9)15(19)17-8-7-13(18)11-5-3-4-6-12(11)17/h3-6H,7-8H2,1-2H3. The zero-order chi connectivity index (χ0) is 14.3. The van der Waals surface area contributed by atoms with Crippen molar-refractivity contribution in [3.8, 4) is 0 Å². The minimum atomic E-state index is -0.247. The lowest BCUT2D eigenvalue weighted by molar-refractivity contribution is 0.0937. The second kappa shape index (κ2) is 4.59. The predicted molar refractivity (Wildman–Crippen MR) is 73.0 cm³/mol. The summed E-state index contributed by atoms with van der Waals surface area (Å²) in [4.78, 5) is 30.2. The van der Waals surface area contributed by atoms with E-state index < -0.39 is 0 Å². The minimum Gasteiger partial charge on any atom is -0.436 e. The highest BCUT2D eigenvalue weighted by molar-refractivity contribution is 6.12. The summed E-state index contributed by atoms with van der Waals surface area (Å²) < 4.78 is 5.38. The van der Waals surface area contributed by atoms with Crippen LogP contribution >= 0.6 is 0 Å². The number of oxazole rings is 1. The third kappa shape index (κ3) is 1.91. The Labute approximate surface area is 116 Å². The maximum Gasteiger partial charge on any atom is 0.296 e. The number of benzene rings is 1. The van der Waals surface area contributed by atoms with Crippen LogP contribution in [0.2, 0.25) is 0 Å². The SMILES string of the molecule is Cc1nc(C)c(C(=O)N2CCC(=O)c3ccccc32)o1. The van der Waals surface area contributed by atoms with E-state index in [1.807, 2.05) is 6.07 Å². The number of nitrogens with zero attached hydrogens (tertiary/aromatic N) is 2. The number of hydrogen-bond acceptors (Lipinski definition) is 4. The average molecular weight is 270 g/mol. The highest BCUT2D eigenvalue weighted by Gasteiger charge is 2.30.